The van der Waals surface area contributed by atoms with E-state index in [2.05, 4.69) is 5.32 Å². The standard InChI is InChI=1S/C28H32N2O9S/c1-18(19-6-9-25-27(14-19)39-13-12-38-25)29-28(31)17-30(22-15-20(34-2)7-10-23(22)35-3)40(32,33)21-8-11-24(36-4)26(16-21)37-5/h6-11,14-16,18H,12-13,17H2,1-5H3,(H,29,31). The van der Waals surface area contributed by atoms with Gasteiger partial charge in [-0.3, -0.25) is 9.10 Å². The highest BCUT2D eigenvalue weighted by Gasteiger charge is 2.31. The van der Waals surface area contributed by atoms with Gasteiger partial charge in [0, 0.05) is 12.1 Å². The van der Waals surface area contributed by atoms with Crippen molar-refractivity contribution in [2.45, 2.75) is 17.9 Å². The molecule has 0 aromatic heterocycles. The van der Waals surface area contributed by atoms with Gasteiger partial charge >= 0.3 is 0 Å². The van der Waals surface area contributed by atoms with E-state index in [-0.39, 0.29) is 22.1 Å². The van der Waals surface area contributed by atoms with E-state index in [4.69, 9.17) is 28.4 Å². The van der Waals surface area contributed by atoms with E-state index in [1.54, 1.807) is 31.2 Å². The van der Waals surface area contributed by atoms with Crippen LogP contribution in [0.1, 0.15) is 18.5 Å². The number of carbonyl (C=O) groups is 1. The number of ether oxygens (including phenoxy) is 6. The van der Waals surface area contributed by atoms with Crippen molar-refractivity contribution < 1.29 is 41.6 Å². The Bertz CT molecular complexity index is 1480. The van der Waals surface area contributed by atoms with E-state index in [1.165, 1.54) is 52.7 Å². The molecule has 1 atom stereocenters. The van der Waals surface area contributed by atoms with E-state index >= 15 is 0 Å². The number of nitrogens with zero attached hydrogens (tertiary/aromatic N) is 1. The van der Waals surface area contributed by atoms with Crippen LogP contribution < -0.4 is 38.0 Å². The van der Waals surface area contributed by atoms with Crippen LogP contribution in [0.4, 0.5) is 5.69 Å². The molecule has 1 aliphatic heterocycles. The maximum absolute atomic E-state index is 14.0. The molecule has 1 amide bonds. The summed E-state index contributed by atoms with van der Waals surface area (Å²) in [5.74, 6) is 1.87. The Morgan fingerprint density at radius 1 is 0.850 bits per heavy atom. The number of benzene rings is 3. The summed E-state index contributed by atoms with van der Waals surface area (Å²) < 4.78 is 61.6. The summed E-state index contributed by atoms with van der Waals surface area (Å²) in [6.45, 7) is 2.15. The highest BCUT2D eigenvalue weighted by atomic mass is 32.2. The minimum Gasteiger partial charge on any atom is -0.497 e. The zero-order valence-electron chi connectivity index (χ0n) is 22.9. The molecule has 214 valence electrons. The van der Waals surface area contributed by atoms with E-state index in [0.29, 0.717) is 36.2 Å². The van der Waals surface area contributed by atoms with Crippen LogP contribution in [0.3, 0.4) is 0 Å². The van der Waals surface area contributed by atoms with Gasteiger partial charge in [-0.15, -0.1) is 0 Å². The molecule has 0 saturated carbocycles. The molecule has 0 fully saturated rings. The number of rotatable bonds is 11. The summed E-state index contributed by atoms with van der Waals surface area (Å²) >= 11 is 0. The summed E-state index contributed by atoms with van der Waals surface area (Å²) in [6, 6.07) is 13.8. The van der Waals surface area contributed by atoms with Gasteiger partial charge in [0.2, 0.25) is 5.91 Å². The number of amides is 1. The zero-order valence-corrected chi connectivity index (χ0v) is 23.7. The Morgan fingerprint density at radius 3 is 2.20 bits per heavy atom. The van der Waals surface area contributed by atoms with Gasteiger partial charge in [0.25, 0.3) is 10.0 Å². The van der Waals surface area contributed by atoms with Crippen LogP contribution >= 0.6 is 0 Å². The van der Waals surface area contributed by atoms with Crippen LogP contribution in [0.15, 0.2) is 59.5 Å². The quantitative estimate of drug-likeness (QED) is 0.368. The SMILES string of the molecule is COc1ccc(OC)c(N(CC(=O)NC(C)c2ccc3c(c2)OCCO3)S(=O)(=O)c2ccc(OC)c(OC)c2)c1. The molecule has 3 aromatic rings. The van der Waals surface area contributed by atoms with E-state index in [1.807, 2.05) is 6.07 Å². The second-order valence-electron chi connectivity index (χ2n) is 8.76. The van der Waals surface area contributed by atoms with Crippen LogP contribution in [-0.2, 0) is 14.8 Å². The first-order valence-corrected chi connectivity index (χ1v) is 13.8. The molecule has 0 saturated heterocycles. The number of carbonyl (C=O) groups excluding carboxylic acids is 1. The number of hydrogen-bond donors (Lipinski definition) is 1. The molecule has 1 heterocycles. The van der Waals surface area contributed by atoms with Crippen molar-refractivity contribution in [2.24, 2.45) is 0 Å². The molecule has 11 nitrogen and oxygen atoms in total. The van der Waals surface area contributed by atoms with Crippen LogP contribution in [0.25, 0.3) is 0 Å². The monoisotopic (exact) mass is 572 g/mol. The second-order valence-corrected chi connectivity index (χ2v) is 10.6. The predicted molar refractivity (Wildman–Crippen MR) is 148 cm³/mol. The minimum atomic E-state index is -4.31. The van der Waals surface area contributed by atoms with Crippen molar-refractivity contribution in [1.29, 1.82) is 0 Å². The lowest BCUT2D eigenvalue weighted by molar-refractivity contribution is -0.120. The zero-order chi connectivity index (χ0) is 28.9. The van der Waals surface area contributed by atoms with Crippen molar-refractivity contribution in [3.05, 3.63) is 60.2 Å². The molecule has 12 heteroatoms. The number of methoxy groups -OCH3 is 4. The second kappa shape index (κ2) is 12.2. The first-order chi connectivity index (χ1) is 19.2. The molecular formula is C28H32N2O9S. The van der Waals surface area contributed by atoms with Crippen LogP contribution in [-0.4, -0.2) is 62.5 Å². The van der Waals surface area contributed by atoms with Gasteiger partial charge in [0.1, 0.15) is 31.3 Å². The first kappa shape index (κ1) is 28.7. The van der Waals surface area contributed by atoms with Gasteiger partial charge in [0.05, 0.1) is 45.1 Å². The number of sulfonamides is 1. The van der Waals surface area contributed by atoms with Crippen LogP contribution in [0, 0.1) is 0 Å². The number of fused-ring (bicyclic) bond motifs is 1. The van der Waals surface area contributed by atoms with Gasteiger partial charge in [-0.1, -0.05) is 6.07 Å². The topological polar surface area (TPSA) is 122 Å². The Morgan fingerprint density at radius 2 is 1.52 bits per heavy atom. The lowest BCUT2D eigenvalue weighted by Gasteiger charge is -2.27. The van der Waals surface area contributed by atoms with Gasteiger partial charge in [-0.2, -0.15) is 0 Å². The predicted octanol–water partition coefficient (Wildman–Crippen LogP) is 3.56. The Labute approximate surface area is 233 Å². The van der Waals surface area contributed by atoms with Gasteiger partial charge in [-0.25, -0.2) is 8.42 Å². The Balaban J connectivity index is 1.69. The lowest BCUT2D eigenvalue weighted by Crippen LogP contribution is -2.41. The summed E-state index contributed by atoms with van der Waals surface area (Å²) in [6.07, 6.45) is 0. The van der Waals surface area contributed by atoms with E-state index in [9.17, 15) is 13.2 Å². The van der Waals surface area contributed by atoms with E-state index < -0.39 is 28.5 Å². The maximum atomic E-state index is 14.0. The average Bonchev–Trinajstić information content (AvgIpc) is 2.98. The van der Waals surface area contributed by atoms with Crippen molar-refractivity contribution in [1.82, 2.24) is 5.32 Å². The molecule has 0 aliphatic carbocycles. The van der Waals surface area contributed by atoms with Crippen LogP contribution in [0.2, 0.25) is 0 Å². The molecule has 4 rings (SSSR count). The third-order valence-electron chi connectivity index (χ3n) is 6.33. The average molecular weight is 573 g/mol. The molecule has 1 aliphatic rings. The molecule has 0 spiro atoms. The fourth-order valence-electron chi connectivity index (χ4n) is 4.23. The fourth-order valence-corrected chi connectivity index (χ4v) is 5.67. The van der Waals surface area contributed by atoms with E-state index in [0.717, 1.165) is 9.87 Å². The fraction of sp³-hybridized carbons (Fsp3) is 0.321. The largest absolute Gasteiger partial charge is 0.497 e. The summed E-state index contributed by atoms with van der Waals surface area (Å²) in [5, 5.41) is 2.88. The Kier molecular flexibility index (Phi) is 8.78. The van der Waals surface area contributed by atoms with Gasteiger partial charge in [-0.05, 0) is 48.9 Å². The molecular weight excluding hydrogens is 540 g/mol. The number of anilines is 1. The number of nitrogens with one attached hydrogen (secondary N) is 1. The van der Waals surface area contributed by atoms with Crippen molar-refractivity contribution in [3.8, 4) is 34.5 Å². The van der Waals surface area contributed by atoms with Gasteiger partial charge in [0.15, 0.2) is 23.0 Å². The van der Waals surface area contributed by atoms with Crippen molar-refractivity contribution >= 4 is 21.6 Å². The minimum absolute atomic E-state index is 0.109. The van der Waals surface area contributed by atoms with Crippen LogP contribution in [0.5, 0.6) is 34.5 Å². The lowest BCUT2D eigenvalue weighted by atomic mass is 10.1. The van der Waals surface area contributed by atoms with Crippen molar-refractivity contribution in [3.63, 3.8) is 0 Å². The highest BCUT2D eigenvalue weighted by Crippen LogP contribution is 2.38. The third kappa shape index (κ3) is 5.96. The highest BCUT2D eigenvalue weighted by molar-refractivity contribution is 7.92. The Hall–Kier alpha value is -4.32. The first-order valence-electron chi connectivity index (χ1n) is 12.4. The summed E-state index contributed by atoms with van der Waals surface area (Å²) in [4.78, 5) is 13.3. The molecule has 40 heavy (non-hydrogen) atoms. The molecule has 0 radical (unpaired) electrons. The molecule has 3 aromatic carbocycles. The third-order valence-corrected chi connectivity index (χ3v) is 8.08. The number of hydrogen-bond acceptors (Lipinski definition) is 9. The molecule has 0 bridgehead atoms. The summed E-state index contributed by atoms with van der Waals surface area (Å²) in [7, 11) is 1.42. The maximum Gasteiger partial charge on any atom is 0.265 e. The van der Waals surface area contributed by atoms with Gasteiger partial charge < -0.3 is 33.7 Å². The summed E-state index contributed by atoms with van der Waals surface area (Å²) in [5.41, 5.74) is 0.893. The normalized spacial score (nSPS) is 13.1. The molecule has 1 N–H and O–H groups in total. The smallest absolute Gasteiger partial charge is 0.265 e. The van der Waals surface area contributed by atoms with Crippen molar-refractivity contribution in [2.75, 3.05) is 52.5 Å². The molecule has 1 unspecified atom stereocenters.